The van der Waals surface area contributed by atoms with E-state index in [9.17, 15) is 5.26 Å². The summed E-state index contributed by atoms with van der Waals surface area (Å²) >= 11 is 0. The van der Waals surface area contributed by atoms with E-state index in [-0.39, 0.29) is 0 Å². The molecule has 0 fully saturated rings. The lowest BCUT2D eigenvalue weighted by Crippen LogP contribution is -2.01. The molecule has 0 saturated heterocycles. The number of hydrogen-bond acceptors (Lipinski definition) is 1. The first-order chi connectivity index (χ1) is 39.1. The van der Waals surface area contributed by atoms with Gasteiger partial charge in [0.25, 0.3) is 0 Å². The third-order valence-corrected chi connectivity index (χ3v) is 15.9. The van der Waals surface area contributed by atoms with Crippen molar-refractivity contribution in [2.24, 2.45) is 0 Å². The van der Waals surface area contributed by atoms with Gasteiger partial charge >= 0.3 is 0 Å². The number of aryl methyl sites for hydroxylation is 1. The predicted molar refractivity (Wildman–Crippen MR) is 331 cm³/mol. The van der Waals surface area contributed by atoms with Crippen molar-refractivity contribution in [2.75, 3.05) is 0 Å². The highest BCUT2D eigenvalue weighted by molar-refractivity contribution is 6.13. The van der Waals surface area contributed by atoms with E-state index in [2.05, 4.69) is 298 Å². The smallest absolute Gasteiger partial charge is 0.0992 e. The summed E-state index contributed by atoms with van der Waals surface area (Å²) in [6.45, 7) is 2.13. The topological polar surface area (TPSA) is 43.5 Å². The van der Waals surface area contributed by atoms with Gasteiger partial charge in [-0.2, -0.15) is 5.26 Å². The summed E-state index contributed by atoms with van der Waals surface area (Å²) in [5.41, 5.74) is 20.3. The van der Waals surface area contributed by atoms with E-state index >= 15 is 0 Å². The van der Waals surface area contributed by atoms with Gasteiger partial charge in [0.2, 0.25) is 0 Å². The molecule has 4 heterocycles. The number of para-hydroxylation sites is 9. The zero-order valence-electron chi connectivity index (χ0n) is 43.3. The van der Waals surface area contributed by atoms with Crippen LogP contribution in [0.25, 0.3) is 132 Å². The van der Waals surface area contributed by atoms with Crippen LogP contribution in [-0.2, 0) is 0 Å². The number of benzene rings is 12. The Bertz CT molecular complexity index is 4810. The maximum Gasteiger partial charge on any atom is 0.0992 e. The van der Waals surface area contributed by atoms with Gasteiger partial charge in [-0.05, 0) is 115 Å². The van der Waals surface area contributed by atoms with Gasteiger partial charge in [0, 0.05) is 65.6 Å². The third-order valence-electron chi connectivity index (χ3n) is 15.9. The molecule has 5 heteroatoms. The summed E-state index contributed by atoms with van der Waals surface area (Å²) in [4.78, 5) is 0. The Labute approximate surface area is 456 Å². The van der Waals surface area contributed by atoms with Crippen LogP contribution in [0.5, 0.6) is 0 Å². The minimum atomic E-state index is 0.637. The molecule has 0 aliphatic heterocycles. The van der Waals surface area contributed by atoms with Crippen LogP contribution < -0.4 is 0 Å². The fourth-order valence-corrected chi connectivity index (χ4v) is 12.5. The van der Waals surface area contributed by atoms with Gasteiger partial charge in [0.15, 0.2) is 0 Å². The van der Waals surface area contributed by atoms with E-state index in [0.717, 1.165) is 33.5 Å². The Balaban J connectivity index is 0.000000137. The van der Waals surface area contributed by atoms with Gasteiger partial charge < -0.3 is 18.3 Å². The highest BCUT2D eigenvalue weighted by atomic mass is 15.0. The van der Waals surface area contributed by atoms with Crippen LogP contribution in [0, 0.1) is 18.3 Å². The number of nitriles is 1. The Hall–Kier alpha value is -10.7. The largest absolute Gasteiger partial charge is 0.309 e. The minimum absolute atomic E-state index is 0.637. The second-order valence-corrected chi connectivity index (χ2v) is 20.4. The molecule has 0 bridgehead atoms. The zero-order chi connectivity index (χ0) is 52.6. The Morgan fingerprint density at radius 1 is 0.266 bits per heavy atom. The number of aromatic nitrogens is 4. The van der Waals surface area contributed by atoms with Crippen molar-refractivity contribution in [3.8, 4) is 51.1 Å². The molecule has 4 aromatic heterocycles. The molecule has 16 rings (SSSR count). The fourth-order valence-electron chi connectivity index (χ4n) is 12.5. The summed E-state index contributed by atoms with van der Waals surface area (Å²) in [6, 6.07) is 102. The molecular weight excluding hydrogens is 959 g/mol. The van der Waals surface area contributed by atoms with Crippen molar-refractivity contribution in [2.45, 2.75) is 6.92 Å². The predicted octanol–water partition coefficient (Wildman–Crippen LogP) is 19.3. The molecule has 0 aliphatic rings. The maximum atomic E-state index is 10.1. The molecule has 0 amide bonds. The molecule has 5 nitrogen and oxygen atoms in total. The summed E-state index contributed by atoms with van der Waals surface area (Å²) in [6.07, 6.45) is 0. The van der Waals surface area contributed by atoms with E-state index < -0.39 is 0 Å². The number of hydrogen-bond donors (Lipinski definition) is 0. The first-order valence-corrected chi connectivity index (χ1v) is 26.9. The van der Waals surface area contributed by atoms with Crippen LogP contribution in [0.3, 0.4) is 0 Å². The average Bonchev–Trinajstić information content (AvgIpc) is 4.37. The van der Waals surface area contributed by atoms with Crippen LogP contribution in [0.4, 0.5) is 0 Å². The van der Waals surface area contributed by atoms with E-state index in [1.165, 1.54) is 104 Å². The van der Waals surface area contributed by atoms with E-state index in [1.807, 2.05) is 12.1 Å². The van der Waals surface area contributed by atoms with Gasteiger partial charge in [-0.1, -0.05) is 188 Å². The molecule has 370 valence electrons. The number of fused-ring (bicyclic) bond motifs is 12. The van der Waals surface area contributed by atoms with Crippen LogP contribution in [0.2, 0.25) is 0 Å². The first kappa shape index (κ1) is 45.7. The molecule has 0 aliphatic carbocycles. The van der Waals surface area contributed by atoms with Crippen LogP contribution in [0.1, 0.15) is 11.1 Å². The molecular formula is C74H49N5. The average molecular weight is 1010 g/mol. The van der Waals surface area contributed by atoms with Gasteiger partial charge in [0.05, 0.1) is 67.1 Å². The van der Waals surface area contributed by atoms with Gasteiger partial charge in [-0.3, -0.25) is 0 Å². The fraction of sp³-hybridized carbons (Fsp3) is 0.0135. The Morgan fingerprint density at radius 3 is 1.06 bits per heavy atom. The Morgan fingerprint density at radius 2 is 0.620 bits per heavy atom. The van der Waals surface area contributed by atoms with Gasteiger partial charge in [-0.15, -0.1) is 0 Å². The van der Waals surface area contributed by atoms with E-state index in [1.54, 1.807) is 0 Å². The molecule has 0 N–H and O–H groups in total. The molecule has 0 radical (unpaired) electrons. The lowest BCUT2D eigenvalue weighted by molar-refractivity contribution is 1.16. The molecule has 0 atom stereocenters. The van der Waals surface area contributed by atoms with Crippen molar-refractivity contribution in [3.05, 3.63) is 290 Å². The molecule has 0 unspecified atom stereocenters. The monoisotopic (exact) mass is 1010 g/mol. The second kappa shape index (κ2) is 18.6. The van der Waals surface area contributed by atoms with Crippen molar-refractivity contribution >= 4 is 87.2 Å². The van der Waals surface area contributed by atoms with Crippen LogP contribution in [-0.4, -0.2) is 18.3 Å². The summed E-state index contributed by atoms with van der Waals surface area (Å²) in [5, 5.41) is 20.1. The second-order valence-electron chi connectivity index (χ2n) is 20.4. The highest BCUT2D eigenvalue weighted by Gasteiger charge is 2.21. The van der Waals surface area contributed by atoms with Crippen LogP contribution in [0.15, 0.2) is 279 Å². The van der Waals surface area contributed by atoms with E-state index in [4.69, 9.17) is 0 Å². The van der Waals surface area contributed by atoms with Crippen molar-refractivity contribution in [3.63, 3.8) is 0 Å². The first-order valence-electron chi connectivity index (χ1n) is 26.9. The van der Waals surface area contributed by atoms with Crippen molar-refractivity contribution < 1.29 is 0 Å². The highest BCUT2D eigenvalue weighted by Crippen LogP contribution is 2.42. The summed E-state index contributed by atoms with van der Waals surface area (Å²) < 4.78 is 9.45. The third kappa shape index (κ3) is 7.38. The SMILES string of the molecule is Cc1ccc2c(c1)c1ccccc1n2-c1cc(C#N)cc(-c2cccc(-n3c4ccccc4c4ccccc43)c2)c1.c1ccc(-n2c3ccccc3c3ccccc32)c(-c2ccccc2-n2c3ccccc3c3ccccc32)c1. The van der Waals surface area contributed by atoms with Gasteiger partial charge in [0.1, 0.15) is 0 Å². The standard InChI is InChI=1S/C38H25N3.C36H24N2/c1-25-17-18-38-34(19-25)33-13-4-7-16-37(33)41(38)30-21-26(24-39)20-28(23-30)27-9-8-10-29(22-27)40-35-14-5-2-11-31(35)32-12-3-6-15-36(32)40;1-7-19-31-25(13-1)26-14-2-8-20-32(26)37(31)35-23-11-5-17-29(35)30-18-6-12-24-36(30)38-33-21-9-3-15-27(33)28-16-4-10-22-34(28)38/h2-23H,1H3;1-24H. The summed E-state index contributed by atoms with van der Waals surface area (Å²) in [7, 11) is 0. The molecule has 12 aromatic carbocycles. The zero-order valence-corrected chi connectivity index (χ0v) is 43.3. The van der Waals surface area contributed by atoms with E-state index in [0.29, 0.717) is 5.56 Å². The van der Waals surface area contributed by atoms with Gasteiger partial charge in [-0.25, -0.2) is 0 Å². The lowest BCUT2D eigenvalue weighted by Gasteiger charge is -2.18. The lowest BCUT2D eigenvalue weighted by atomic mass is 10.0. The quantitative estimate of drug-likeness (QED) is 0.164. The van der Waals surface area contributed by atoms with Crippen molar-refractivity contribution in [1.82, 2.24) is 18.3 Å². The van der Waals surface area contributed by atoms with Crippen LogP contribution >= 0.6 is 0 Å². The minimum Gasteiger partial charge on any atom is -0.309 e. The molecule has 79 heavy (non-hydrogen) atoms. The van der Waals surface area contributed by atoms with Crippen molar-refractivity contribution in [1.29, 1.82) is 5.26 Å². The molecule has 16 aromatic rings. The molecule has 0 saturated carbocycles. The number of rotatable bonds is 6. The number of nitrogens with zero attached hydrogens (tertiary/aromatic N) is 5. The summed E-state index contributed by atoms with van der Waals surface area (Å²) in [5.74, 6) is 0. The normalized spacial score (nSPS) is 11.6. The maximum absolute atomic E-state index is 10.1. The molecule has 0 spiro atoms. The Kier molecular flexibility index (Phi) is 10.7.